The molecule has 2 rings (SSSR count). The Bertz CT molecular complexity index is 578. The summed E-state index contributed by atoms with van der Waals surface area (Å²) in [5.41, 5.74) is 0.823. The third-order valence-corrected chi connectivity index (χ3v) is 2.97. The summed E-state index contributed by atoms with van der Waals surface area (Å²) in [5.74, 6) is 0.651. The third kappa shape index (κ3) is 3.69. The first kappa shape index (κ1) is 13.4. The molecule has 98 valence electrons. The number of aromatic nitrogens is 2. The predicted molar refractivity (Wildman–Crippen MR) is 75.5 cm³/mol. The molecular formula is C14H14ClN3O. The largest absolute Gasteiger partial charge is 0.347 e. The van der Waals surface area contributed by atoms with Gasteiger partial charge in [0.2, 0.25) is 5.91 Å². The lowest BCUT2D eigenvalue weighted by atomic mass is 10.2. The van der Waals surface area contributed by atoms with E-state index in [4.69, 9.17) is 11.6 Å². The van der Waals surface area contributed by atoms with Crippen LogP contribution in [0, 0.1) is 0 Å². The number of benzene rings is 1. The van der Waals surface area contributed by atoms with E-state index in [9.17, 15) is 4.79 Å². The number of amides is 1. The number of rotatable bonds is 4. The van der Waals surface area contributed by atoms with Gasteiger partial charge < -0.3 is 9.88 Å². The Morgan fingerprint density at radius 3 is 2.95 bits per heavy atom. The number of carbonyl (C=O) groups is 1. The number of likely N-dealkylation sites (N-methyl/N-ethyl adjacent to an activating group) is 1. The van der Waals surface area contributed by atoms with Gasteiger partial charge in [-0.05, 0) is 17.7 Å². The van der Waals surface area contributed by atoms with Crippen molar-refractivity contribution in [1.82, 2.24) is 14.9 Å². The molecule has 0 bridgehead atoms. The monoisotopic (exact) mass is 275 g/mol. The van der Waals surface area contributed by atoms with Gasteiger partial charge in [-0.25, -0.2) is 4.98 Å². The highest BCUT2D eigenvalue weighted by molar-refractivity contribution is 6.32. The average Bonchev–Trinajstić information content (AvgIpc) is 2.90. The van der Waals surface area contributed by atoms with Crippen molar-refractivity contribution in [3.63, 3.8) is 0 Å². The van der Waals surface area contributed by atoms with E-state index < -0.39 is 0 Å². The molecule has 0 atom stereocenters. The molecular weight excluding hydrogens is 262 g/mol. The molecule has 1 aromatic carbocycles. The number of nitrogens with one attached hydrogen (secondary N) is 1. The first-order valence-corrected chi connectivity index (χ1v) is 6.20. The Morgan fingerprint density at radius 2 is 2.26 bits per heavy atom. The van der Waals surface area contributed by atoms with Crippen molar-refractivity contribution in [2.45, 2.75) is 6.54 Å². The molecule has 4 nitrogen and oxygen atoms in total. The van der Waals surface area contributed by atoms with Crippen molar-refractivity contribution in [2.24, 2.45) is 0 Å². The van der Waals surface area contributed by atoms with Crippen molar-refractivity contribution in [2.75, 3.05) is 7.05 Å². The third-order valence-electron chi connectivity index (χ3n) is 2.63. The van der Waals surface area contributed by atoms with E-state index in [1.165, 1.54) is 6.08 Å². The normalized spacial score (nSPS) is 10.8. The van der Waals surface area contributed by atoms with Gasteiger partial charge in [-0.15, -0.1) is 0 Å². The van der Waals surface area contributed by atoms with Gasteiger partial charge in [0, 0.05) is 30.5 Å². The predicted octanol–water partition coefficient (Wildman–Crippen LogP) is 2.73. The maximum atomic E-state index is 11.9. The quantitative estimate of drug-likeness (QED) is 0.872. The summed E-state index contributed by atoms with van der Waals surface area (Å²) < 4.78 is 0. The summed E-state index contributed by atoms with van der Waals surface area (Å²) in [7, 11) is 1.72. The zero-order valence-corrected chi connectivity index (χ0v) is 11.3. The number of hydrogen-bond donors (Lipinski definition) is 1. The zero-order valence-electron chi connectivity index (χ0n) is 10.5. The van der Waals surface area contributed by atoms with Crippen molar-refractivity contribution in [1.29, 1.82) is 0 Å². The molecule has 1 amide bonds. The SMILES string of the molecule is CN(Cc1ncc[nH]1)C(=O)C=Cc1ccccc1Cl. The van der Waals surface area contributed by atoms with E-state index >= 15 is 0 Å². The highest BCUT2D eigenvalue weighted by atomic mass is 35.5. The van der Waals surface area contributed by atoms with Crippen LogP contribution >= 0.6 is 11.6 Å². The van der Waals surface area contributed by atoms with Gasteiger partial charge in [0.15, 0.2) is 0 Å². The van der Waals surface area contributed by atoms with Crippen LogP contribution in [0.5, 0.6) is 0 Å². The molecule has 0 radical (unpaired) electrons. The molecule has 1 heterocycles. The lowest BCUT2D eigenvalue weighted by molar-refractivity contribution is -0.125. The molecule has 0 fully saturated rings. The van der Waals surface area contributed by atoms with Crippen LogP contribution in [0.2, 0.25) is 5.02 Å². The minimum Gasteiger partial charge on any atom is -0.347 e. The van der Waals surface area contributed by atoms with E-state index in [0.717, 1.165) is 11.4 Å². The highest BCUT2D eigenvalue weighted by Gasteiger charge is 2.07. The first-order chi connectivity index (χ1) is 9.16. The molecule has 0 aliphatic rings. The Kier molecular flexibility index (Phi) is 4.36. The van der Waals surface area contributed by atoms with Crippen LogP contribution < -0.4 is 0 Å². The van der Waals surface area contributed by atoms with Gasteiger partial charge in [-0.1, -0.05) is 29.8 Å². The number of imidazole rings is 1. The molecule has 0 saturated carbocycles. The van der Waals surface area contributed by atoms with E-state index in [2.05, 4.69) is 9.97 Å². The Labute approximate surface area is 116 Å². The molecule has 0 aliphatic heterocycles. The van der Waals surface area contributed by atoms with Crippen LogP contribution in [0.1, 0.15) is 11.4 Å². The Balaban J connectivity index is 1.99. The van der Waals surface area contributed by atoms with Crippen molar-refractivity contribution < 1.29 is 4.79 Å². The maximum absolute atomic E-state index is 11.9. The molecule has 1 aromatic heterocycles. The van der Waals surface area contributed by atoms with Gasteiger partial charge in [0.05, 0.1) is 6.54 Å². The van der Waals surface area contributed by atoms with Gasteiger partial charge in [-0.3, -0.25) is 4.79 Å². The lowest BCUT2D eigenvalue weighted by Crippen LogP contribution is -2.24. The standard InChI is InChI=1S/C14H14ClN3O/c1-18(10-13-16-8-9-17-13)14(19)7-6-11-4-2-3-5-12(11)15/h2-9H,10H2,1H3,(H,16,17). The number of hydrogen-bond acceptors (Lipinski definition) is 2. The van der Waals surface area contributed by atoms with E-state index in [1.807, 2.05) is 18.2 Å². The fourth-order valence-corrected chi connectivity index (χ4v) is 1.78. The molecule has 2 aromatic rings. The fourth-order valence-electron chi connectivity index (χ4n) is 1.59. The summed E-state index contributed by atoms with van der Waals surface area (Å²) in [6.45, 7) is 0.443. The van der Waals surface area contributed by atoms with E-state index in [1.54, 1.807) is 36.5 Å². The van der Waals surface area contributed by atoms with Gasteiger partial charge in [0.25, 0.3) is 0 Å². The number of H-pyrrole nitrogens is 1. The summed E-state index contributed by atoms with van der Waals surface area (Å²) in [6.07, 6.45) is 6.61. The Hall–Kier alpha value is -2.07. The summed E-state index contributed by atoms with van der Waals surface area (Å²) >= 11 is 6.01. The van der Waals surface area contributed by atoms with Crippen LogP contribution in [-0.4, -0.2) is 27.8 Å². The molecule has 0 spiro atoms. The van der Waals surface area contributed by atoms with Crippen molar-refractivity contribution in [3.8, 4) is 0 Å². The number of halogens is 1. The first-order valence-electron chi connectivity index (χ1n) is 5.83. The lowest BCUT2D eigenvalue weighted by Gasteiger charge is -2.13. The average molecular weight is 276 g/mol. The summed E-state index contributed by atoms with van der Waals surface area (Å²) in [6, 6.07) is 7.38. The maximum Gasteiger partial charge on any atom is 0.246 e. The number of carbonyl (C=O) groups excluding carboxylic acids is 1. The minimum atomic E-state index is -0.101. The molecule has 19 heavy (non-hydrogen) atoms. The van der Waals surface area contributed by atoms with Crippen molar-refractivity contribution >= 4 is 23.6 Å². The highest BCUT2D eigenvalue weighted by Crippen LogP contribution is 2.16. The zero-order chi connectivity index (χ0) is 13.7. The second kappa shape index (κ2) is 6.20. The van der Waals surface area contributed by atoms with E-state index in [-0.39, 0.29) is 5.91 Å². The second-order valence-corrected chi connectivity index (χ2v) is 4.49. The van der Waals surface area contributed by atoms with Gasteiger partial charge in [-0.2, -0.15) is 0 Å². The Morgan fingerprint density at radius 1 is 1.47 bits per heavy atom. The smallest absolute Gasteiger partial charge is 0.246 e. The van der Waals surface area contributed by atoms with Crippen LogP contribution in [0.3, 0.4) is 0 Å². The van der Waals surface area contributed by atoms with Gasteiger partial charge in [0.1, 0.15) is 5.82 Å². The topological polar surface area (TPSA) is 49.0 Å². The molecule has 0 saturated heterocycles. The molecule has 0 aliphatic carbocycles. The van der Waals surface area contributed by atoms with Crippen LogP contribution in [0.15, 0.2) is 42.7 Å². The van der Waals surface area contributed by atoms with Crippen molar-refractivity contribution in [3.05, 3.63) is 59.1 Å². The summed E-state index contributed by atoms with van der Waals surface area (Å²) in [5, 5.41) is 0.625. The van der Waals surface area contributed by atoms with Gasteiger partial charge >= 0.3 is 0 Å². The van der Waals surface area contributed by atoms with E-state index in [0.29, 0.717) is 11.6 Å². The number of aromatic amines is 1. The fraction of sp³-hybridized carbons (Fsp3) is 0.143. The van der Waals surface area contributed by atoms with Crippen LogP contribution in [0.4, 0.5) is 0 Å². The van der Waals surface area contributed by atoms with Crippen LogP contribution in [-0.2, 0) is 11.3 Å². The molecule has 5 heteroatoms. The second-order valence-electron chi connectivity index (χ2n) is 4.09. The molecule has 1 N–H and O–H groups in total. The summed E-state index contributed by atoms with van der Waals surface area (Å²) in [4.78, 5) is 20.5. The minimum absolute atomic E-state index is 0.101. The number of nitrogens with zero attached hydrogens (tertiary/aromatic N) is 2. The molecule has 0 unspecified atom stereocenters. The van der Waals surface area contributed by atoms with Crippen LogP contribution in [0.25, 0.3) is 6.08 Å².